The summed E-state index contributed by atoms with van der Waals surface area (Å²) in [5.74, 6) is 1.70. The summed E-state index contributed by atoms with van der Waals surface area (Å²) in [4.78, 5) is 0. The van der Waals surface area contributed by atoms with Gasteiger partial charge in [0.1, 0.15) is 13.2 Å². The Hall–Kier alpha value is -1.26. The Bertz CT molecular complexity index is 413. The maximum Gasteiger partial charge on any atom is 0.167 e. The van der Waals surface area contributed by atoms with E-state index in [9.17, 15) is 0 Å². The molecule has 2 heterocycles. The minimum atomic E-state index is 0.0698. The molecule has 1 aromatic carbocycles. The van der Waals surface area contributed by atoms with Gasteiger partial charge in [-0.2, -0.15) is 0 Å². The van der Waals surface area contributed by atoms with Gasteiger partial charge in [-0.3, -0.25) is 0 Å². The van der Waals surface area contributed by atoms with Crippen LogP contribution in [0.5, 0.6) is 11.5 Å². The van der Waals surface area contributed by atoms with Gasteiger partial charge >= 0.3 is 0 Å². The van der Waals surface area contributed by atoms with Gasteiger partial charge in [0.05, 0.1) is 12.7 Å². The van der Waals surface area contributed by atoms with Crippen molar-refractivity contribution in [1.82, 2.24) is 5.32 Å². The fourth-order valence-electron chi connectivity index (χ4n) is 2.39. The maximum atomic E-state index is 5.81. The zero-order chi connectivity index (χ0) is 11.7. The molecule has 1 aromatic rings. The summed E-state index contributed by atoms with van der Waals surface area (Å²) in [6.45, 7) is 5.83. The summed E-state index contributed by atoms with van der Waals surface area (Å²) in [5, 5.41) is 3.35. The third-order valence-corrected chi connectivity index (χ3v) is 3.21. The van der Waals surface area contributed by atoms with E-state index in [0.717, 1.165) is 36.8 Å². The summed E-state index contributed by atoms with van der Waals surface area (Å²) < 4.78 is 17.2. The van der Waals surface area contributed by atoms with Crippen LogP contribution >= 0.6 is 0 Å². The van der Waals surface area contributed by atoms with Crippen molar-refractivity contribution in [2.45, 2.75) is 13.0 Å². The number of aryl methyl sites for hydroxylation is 1. The van der Waals surface area contributed by atoms with Crippen molar-refractivity contribution in [2.24, 2.45) is 0 Å². The summed E-state index contributed by atoms with van der Waals surface area (Å²) in [7, 11) is 0. The number of rotatable bonds is 1. The number of hydrogen-bond donors (Lipinski definition) is 1. The van der Waals surface area contributed by atoms with E-state index in [1.54, 1.807) is 0 Å². The highest BCUT2D eigenvalue weighted by atomic mass is 16.6. The first kappa shape index (κ1) is 10.9. The van der Waals surface area contributed by atoms with E-state index in [1.807, 2.05) is 6.07 Å². The zero-order valence-corrected chi connectivity index (χ0v) is 9.99. The third-order valence-electron chi connectivity index (χ3n) is 3.21. The molecule has 0 aliphatic carbocycles. The predicted octanol–water partition coefficient (Wildman–Crippen LogP) is 1.43. The lowest BCUT2D eigenvalue weighted by Crippen LogP contribution is -2.34. The van der Waals surface area contributed by atoms with Crippen molar-refractivity contribution in [3.05, 3.63) is 23.3 Å². The molecule has 0 amide bonds. The molecule has 0 radical (unpaired) electrons. The van der Waals surface area contributed by atoms with Crippen LogP contribution in [0.2, 0.25) is 0 Å². The molecule has 1 atom stereocenters. The van der Waals surface area contributed by atoms with E-state index in [4.69, 9.17) is 14.2 Å². The van der Waals surface area contributed by atoms with Gasteiger partial charge in [0.2, 0.25) is 0 Å². The normalized spacial score (nSPS) is 23.5. The van der Waals surface area contributed by atoms with Crippen molar-refractivity contribution in [3.8, 4) is 11.5 Å². The van der Waals surface area contributed by atoms with Gasteiger partial charge < -0.3 is 19.5 Å². The molecule has 4 nitrogen and oxygen atoms in total. The molecule has 2 aliphatic heterocycles. The van der Waals surface area contributed by atoms with Crippen molar-refractivity contribution in [2.75, 3.05) is 32.9 Å². The molecule has 17 heavy (non-hydrogen) atoms. The molecule has 0 bridgehead atoms. The van der Waals surface area contributed by atoms with Crippen LogP contribution in [0.15, 0.2) is 12.1 Å². The molecule has 1 fully saturated rings. The highest BCUT2D eigenvalue weighted by Gasteiger charge is 2.26. The molecule has 1 N–H and O–H groups in total. The van der Waals surface area contributed by atoms with Crippen LogP contribution in [0.1, 0.15) is 17.2 Å². The zero-order valence-electron chi connectivity index (χ0n) is 9.99. The fraction of sp³-hybridized carbons (Fsp3) is 0.538. The number of hydrogen-bond acceptors (Lipinski definition) is 4. The van der Waals surface area contributed by atoms with Crippen LogP contribution in [0.25, 0.3) is 0 Å². The van der Waals surface area contributed by atoms with Crippen LogP contribution in [0, 0.1) is 6.92 Å². The van der Waals surface area contributed by atoms with Crippen LogP contribution < -0.4 is 14.8 Å². The van der Waals surface area contributed by atoms with Gasteiger partial charge in [-0.25, -0.2) is 0 Å². The second-order valence-electron chi connectivity index (χ2n) is 4.38. The second-order valence-corrected chi connectivity index (χ2v) is 4.38. The molecule has 0 saturated carbocycles. The molecule has 2 aliphatic rings. The van der Waals surface area contributed by atoms with E-state index in [0.29, 0.717) is 13.2 Å². The summed E-state index contributed by atoms with van der Waals surface area (Å²) in [6, 6.07) is 4.05. The topological polar surface area (TPSA) is 39.7 Å². The van der Waals surface area contributed by atoms with Gasteiger partial charge in [-0.05, 0) is 18.6 Å². The lowest BCUT2D eigenvalue weighted by Gasteiger charge is -2.29. The van der Waals surface area contributed by atoms with Crippen molar-refractivity contribution >= 4 is 0 Å². The Labute approximate surface area is 101 Å². The maximum absolute atomic E-state index is 5.81. The summed E-state index contributed by atoms with van der Waals surface area (Å²) >= 11 is 0. The lowest BCUT2D eigenvalue weighted by molar-refractivity contribution is 0.0240. The predicted molar refractivity (Wildman–Crippen MR) is 63.7 cm³/mol. The van der Waals surface area contributed by atoms with E-state index in [-0.39, 0.29) is 6.10 Å². The van der Waals surface area contributed by atoms with E-state index < -0.39 is 0 Å². The quantitative estimate of drug-likeness (QED) is 0.799. The van der Waals surface area contributed by atoms with E-state index in [1.165, 1.54) is 5.56 Å². The average molecular weight is 235 g/mol. The standard InChI is InChI=1S/C13H17NO3/c1-9-2-3-10-13(17-7-6-16-10)12(9)11-8-14-4-5-15-11/h2-3,11,14H,4-8H2,1H3. The molecule has 1 saturated heterocycles. The molecule has 4 heteroatoms. The molecule has 92 valence electrons. The number of morpholine rings is 1. The molecular formula is C13H17NO3. The highest BCUT2D eigenvalue weighted by Crippen LogP contribution is 2.40. The number of benzene rings is 1. The minimum Gasteiger partial charge on any atom is -0.486 e. The van der Waals surface area contributed by atoms with Gasteiger partial charge in [-0.1, -0.05) is 6.07 Å². The van der Waals surface area contributed by atoms with Gasteiger partial charge in [0.15, 0.2) is 11.5 Å². The average Bonchev–Trinajstić information content (AvgIpc) is 2.39. The van der Waals surface area contributed by atoms with Crippen molar-refractivity contribution < 1.29 is 14.2 Å². The fourth-order valence-corrected chi connectivity index (χ4v) is 2.39. The van der Waals surface area contributed by atoms with Crippen LogP contribution in [-0.2, 0) is 4.74 Å². The number of fused-ring (bicyclic) bond motifs is 1. The Morgan fingerprint density at radius 2 is 2.06 bits per heavy atom. The first-order chi connectivity index (χ1) is 8.36. The monoisotopic (exact) mass is 235 g/mol. The minimum absolute atomic E-state index is 0.0698. The van der Waals surface area contributed by atoms with E-state index >= 15 is 0 Å². The first-order valence-corrected chi connectivity index (χ1v) is 6.07. The molecule has 3 rings (SSSR count). The van der Waals surface area contributed by atoms with Gasteiger partial charge in [0.25, 0.3) is 0 Å². The van der Waals surface area contributed by atoms with Gasteiger partial charge in [0, 0.05) is 18.7 Å². The Morgan fingerprint density at radius 3 is 2.88 bits per heavy atom. The summed E-state index contributed by atoms with van der Waals surface area (Å²) in [5.41, 5.74) is 2.33. The SMILES string of the molecule is Cc1ccc2c(c1C1CNCCO1)OCCO2. The van der Waals surface area contributed by atoms with Gasteiger partial charge in [-0.15, -0.1) is 0 Å². The Balaban J connectivity index is 2.01. The second kappa shape index (κ2) is 4.55. The lowest BCUT2D eigenvalue weighted by atomic mass is 10.00. The Morgan fingerprint density at radius 1 is 1.18 bits per heavy atom. The first-order valence-electron chi connectivity index (χ1n) is 6.07. The molecule has 0 spiro atoms. The smallest absolute Gasteiger partial charge is 0.167 e. The largest absolute Gasteiger partial charge is 0.486 e. The van der Waals surface area contributed by atoms with Crippen LogP contribution in [0.4, 0.5) is 0 Å². The van der Waals surface area contributed by atoms with Crippen molar-refractivity contribution in [3.63, 3.8) is 0 Å². The molecular weight excluding hydrogens is 218 g/mol. The molecule has 1 unspecified atom stereocenters. The molecule has 0 aromatic heterocycles. The van der Waals surface area contributed by atoms with Crippen LogP contribution in [0.3, 0.4) is 0 Å². The van der Waals surface area contributed by atoms with Crippen molar-refractivity contribution in [1.29, 1.82) is 0 Å². The third kappa shape index (κ3) is 1.98. The highest BCUT2D eigenvalue weighted by molar-refractivity contribution is 5.52. The Kier molecular flexibility index (Phi) is 2.91. The number of ether oxygens (including phenoxy) is 3. The van der Waals surface area contributed by atoms with Crippen LogP contribution in [-0.4, -0.2) is 32.9 Å². The summed E-state index contributed by atoms with van der Waals surface area (Å²) in [6.07, 6.45) is 0.0698. The van der Waals surface area contributed by atoms with E-state index in [2.05, 4.69) is 18.3 Å². The number of nitrogens with one attached hydrogen (secondary N) is 1.